The van der Waals surface area contributed by atoms with Crippen LogP contribution < -0.4 is 5.32 Å². The Kier molecular flexibility index (Phi) is 5.86. The topological polar surface area (TPSA) is 21.3 Å². The zero-order valence-electron chi connectivity index (χ0n) is 11.9. The van der Waals surface area contributed by atoms with Gasteiger partial charge in [0.15, 0.2) is 0 Å². The van der Waals surface area contributed by atoms with Crippen molar-refractivity contribution >= 4 is 15.9 Å². The Bertz CT molecular complexity index is 375. The Balaban J connectivity index is 1.92. The molecule has 2 unspecified atom stereocenters. The molecule has 1 fully saturated rings. The van der Waals surface area contributed by atoms with Crippen molar-refractivity contribution in [2.75, 3.05) is 20.3 Å². The summed E-state index contributed by atoms with van der Waals surface area (Å²) in [5, 5.41) is 3.66. The van der Waals surface area contributed by atoms with Crippen molar-refractivity contribution < 1.29 is 4.74 Å². The van der Waals surface area contributed by atoms with E-state index in [1.165, 1.54) is 18.4 Å². The first-order chi connectivity index (χ1) is 9.19. The number of rotatable bonds is 8. The number of methoxy groups -OCH3 is 1. The molecule has 0 aromatic heterocycles. The van der Waals surface area contributed by atoms with E-state index < -0.39 is 0 Å². The van der Waals surface area contributed by atoms with Crippen molar-refractivity contribution in [1.82, 2.24) is 5.32 Å². The molecule has 2 atom stereocenters. The quantitative estimate of drug-likeness (QED) is 0.787. The number of benzene rings is 1. The fraction of sp³-hybridized carbons (Fsp3) is 0.625. The average molecular weight is 326 g/mol. The molecule has 0 aliphatic heterocycles. The second-order valence-electron chi connectivity index (χ2n) is 5.71. The Morgan fingerprint density at radius 3 is 2.58 bits per heavy atom. The Morgan fingerprint density at radius 1 is 1.32 bits per heavy atom. The highest BCUT2D eigenvalue weighted by Gasteiger charge is 2.24. The summed E-state index contributed by atoms with van der Waals surface area (Å²) in [4.78, 5) is 0. The summed E-state index contributed by atoms with van der Waals surface area (Å²) in [6.45, 7) is 4.24. The van der Waals surface area contributed by atoms with Crippen LogP contribution in [0.25, 0.3) is 0 Å². The lowest BCUT2D eigenvalue weighted by Crippen LogP contribution is -2.31. The van der Waals surface area contributed by atoms with Gasteiger partial charge in [0, 0.05) is 24.2 Å². The largest absolute Gasteiger partial charge is 0.384 e. The summed E-state index contributed by atoms with van der Waals surface area (Å²) < 4.78 is 6.48. The minimum absolute atomic E-state index is 0.583. The van der Waals surface area contributed by atoms with Gasteiger partial charge < -0.3 is 10.1 Å². The van der Waals surface area contributed by atoms with E-state index in [4.69, 9.17) is 4.74 Å². The van der Waals surface area contributed by atoms with E-state index in [1.807, 2.05) is 0 Å². The van der Waals surface area contributed by atoms with Crippen LogP contribution in [0.15, 0.2) is 28.7 Å². The van der Waals surface area contributed by atoms with E-state index >= 15 is 0 Å². The number of ether oxygens (including phenoxy) is 1. The number of nitrogens with one attached hydrogen (secondary N) is 1. The van der Waals surface area contributed by atoms with Gasteiger partial charge in [-0.1, -0.05) is 35.0 Å². The molecule has 0 radical (unpaired) electrons. The van der Waals surface area contributed by atoms with Crippen LogP contribution >= 0.6 is 15.9 Å². The predicted molar refractivity (Wildman–Crippen MR) is 83.4 cm³/mol. The van der Waals surface area contributed by atoms with Crippen LogP contribution in [0.2, 0.25) is 0 Å². The van der Waals surface area contributed by atoms with Crippen LogP contribution in [0.4, 0.5) is 0 Å². The van der Waals surface area contributed by atoms with Crippen LogP contribution in [0, 0.1) is 11.8 Å². The maximum atomic E-state index is 5.33. The van der Waals surface area contributed by atoms with Gasteiger partial charge in [-0.15, -0.1) is 0 Å². The first kappa shape index (κ1) is 15.0. The normalized spacial score (nSPS) is 18.3. The maximum Gasteiger partial charge on any atom is 0.0491 e. The third-order valence-electron chi connectivity index (χ3n) is 3.89. The highest BCUT2D eigenvalue weighted by molar-refractivity contribution is 9.10. The van der Waals surface area contributed by atoms with Gasteiger partial charge in [-0.05, 0) is 55.3 Å². The molecule has 1 aromatic carbocycles. The number of hydrogen-bond acceptors (Lipinski definition) is 2. The molecule has 2 nitrogen and oxygen atoms in total. The van der Waals surface area contributed by atoms with E-state index in [0.29, 0.717) is 11.8 Å². The molecule has 0 bridgehead atoms. The van der Waals surface area contributed by atoms with Crippen LogP contribution in [-0.4, -0.2) is 26.3 Å². The molecule has 1 saturated carbocycles. The van der Waals surface area contributed by atoms with Crippen molar-refractivity contribution in [2.24, 2.45) is 11.8 Å². The molecule has 0 saturated heterocycles. The predicted octanol–water partition coefficient (Wildman–Crippen LogP) is 3.64. The van der Waals surface area contributed by atoms with Gasteiger partial charge in [-0.3, -0.25) is 0 Å². The summed E-state index contributed by atoms with van der Waals surface area (Å²) >= 11 is 3.49. The van der Waals surface area contributed by atoms with E-state index in [2.05, 4.69) is 52.4 Å². The van der Waals surface area contributed by atoms with Crippen molar-refractivity contribution in [3.05, 3.63) is 34.3 Å². The summed E-state index contributed by atoms with van der Waals surface area (Å²) in [5.74, 6) is 1.22. The van der Waals surface area contributed by atoms with Crippen LogP contribution in [0.3, 0.4) is 0 Å². The summed E-state index contributed by atoms with van der Waals surface area (Å²) in [6.07, 6.45) is 3.82. The van der Waals surface area contributed by atoms with Crippen molar-refractivity contribution in [3.8, 4) is 0 Å². The van der Waals surface area contributed by atoms with Crippen molar-refractivity contribution in [3.63, 3.8) is 0 Å². The van der Waals surface area contributed by atoms with E-state index in [0.717, 1.165) is 30.1 Å². The molecule has 0 heterocycles. The Labute approximate surface area is 125 Å². The van der Waals surface area contributed by atoms with Crippen LogP contribution in [-0.2, 0) is 11.2 Å². The Morgan fingerprint density at radius 2 is 2.00 bits per heavy atom. The molecular formula is C16H24BrNO. The monoisotopic (exact) mass is 325 g/mol. The molecular weight excluding hydrogens is 302 g/mol. The van der Waals surface area contributed by atoms with Gasteiger partial charge in [0.2, 0.25) is 0 Å². The highest BCUT2D eigenvalue weighted by Crippen LogP contribution is 2.23. The van der Waals surface area contributed by atoms with Crippen molar-refractivity contribution in [1.29, 1.82) is 0 Å². The third-order valence-corrected chi connectivity index (χ3v) is 4.42. The fourth-order valence-corrected chi connectivity index (χ4v) is 2.67. The summed E-state index contributed by atoms with van der Waals surface area (Å²) in [6, 6.07) is 9.47. The molecule has 1 aromatic rings. The number of halogens is 1. The van der Waals surface area contributed by atoms with Gasteiger partial charge in [-0.2, -0.15) is 0 Å². The molecule has 3 heteroatoms. The van der Waals surface area contributed by atoms with Crippen LogP contribution in [0.1, 0.15) is 25.3 Å². The second-order valence-corrected chi connectivity index (χ2v) is 6.62. The smallest absolute Gasteiger partial charge is 0.0491 e. The minimum Gasteiger partial charge on any atom is -0.384 e. The summed E-state index contributed by atoms with van der Waals surface area (Å²) in [7, 11) is 1.79. The molecule has 1 N–H and O–H groups in total. The standard InChI is InChI=1S/C16H24BrNO/c1-12(11-19-2)14(10-18-16-7-8-16)9-13-3-5-15(17)6-4-13/h3-6,12,14,16,18H,7-11H2,1-2H3. The Hall–Kier alpha value is -0.380. The fourth-order valence-electron chi connectivity index (χ4n) is 2.40. The molecule has 1 aliphatic carbocycles. The minimum atomic E-state index is 0.583. The zero-order valence-corrected chi connectivity index (χ0v) is 13.4. The third kappa shape index (κ3) is 5.25. The van der Waals surface area contributed by atoms with E-state index in [1.54, 1.807) is 7.11 Å². The molecule has 106 valence electrons. The molecule has 19 heavy (non-hydrogen) atoms. The van der Waals surface area contributed by atoms with Gasteiger partial charge in [0.05, 0.1) is 0 Å². The number of hydrogen-bond donors (Lipinski definition) is 1. The first-order valence-corrected chi connectivity index (χ1v) is 7.95. The lowest BCUT2D eigenvalue weighted by molar-refractivity contribution is 0.128. The highest BCUT2D eigenvalue weighted by atomic mass is 79.9. The zero-order chi connectivity index (χ0) is 13.7. The van der Waals surface area contributed by atoms with Gasteiger partial charge in [0.1, 0.15) is 0 Å². The summed E-state index contributed by atoms with van der Waals surface area (Å²) in [5.41, 5.74) is 1.41. The maximum absolute atomic E-state index is 5.33. The molecule has 1 aliphatic rings. The second kappa shape index (κ2) is 7.41. The van der Waals surface area contributed by atoms with Crippen LogP contribution in [0.5, 0.6) is 0 Å². The lowest BCUT2D eigenvalue weighted by Gasteiger charge is -2.24. The molecule has 2 rings (SSSR count). The first-order valence-electron chi connectivity index (χ1n) is 7.15. The van der Waals surface area contributed by atoms with E-state index in [-0.39, 0.29) is 0 Å². The lowest BCUT2D eigenvalue weighted by atomic mass is 9.88. The molecule has 0 amide bonds. The van der Waals surface area contributed by atoms with Crippen molar-refractivity contribution in [2.45, 2.75) is 32.2 Å². The van der Waals surface area contributed by atoms with E-state index in [9.17, 15) is 0 Å². The average Bonchev–Trinajstić information content (AvgIpc) is 3.21. The van der Waals surface area contributed by atoms with Gasteiger partial charge >= 0.3 is 0 Å². The molecule has 0 spiro atoms. The SMILES string of the molecule is COCC(C)C(CNC1CC1)Cc1ccc(Br)cc1. The van der Waals surface area contributed by atoms with Gasteiger partial charge in [0.25, 0.3) is 0 Å². The van der Waals surface area contributed by atoms with Gasteiger partial charge in [-0.25, -0.2) is 0 Å².